The average molecular weight is 436 g/mol. The molecule has 1 saturated heterocycles. The molecule has 2 aromatic carbocycles. The molecule has 2 aliphatic rings. The molecule has 5 rings (SSSR count). The van der Waals surface area contributed by atoms with Crippen molar-refractivity contribution in [3.05, 3.63) is 64.3 Å². The van der Waals surface area contributed by atoms with Gasteiger partial charge in [-0.25, -0.2) is 4.68 Å². The molecule has 0 saturated carbocycles. The van der Waals surface area contributed by atoms with Gasteiger partial charge in [0.15, 0.2) is 0 Å². The number of amides is 3. The average Bonchev–Trinajstić information content (AvgIpc) is 3.35. The molecule has 0 aliphatic carbocycles. The number of imide groups is 1. The lowest BCUT2D eigenvalue weighted by molar-refractivity contribution is -0.136. The van der Waals surface area contributed by atoms with E-state index in [4.69, 9.17) is 11.6 Å². The summed E-state index contributed by atoms with van der Waals surface area (Å²) < 4.78 is 1.65. The molecule has 156 valence electrons. The Hall–Kier alpha value is -3.52. The lowest BCUT2D eigenvalue weighted by Gasteiger charge is -2.29. The summed E-state index contributed by atoms with van der Waals surface area (Å²) in [5.41, 5.74) is 4.76. The van der Waals surface area contributed by atoms with Gasteiger partial charge in [0, 0.05) is 29.1 Å². The fourth-order valence-electron chi connectivity index (χ4n) is 4.09. The number of hydrogen-bond acceptors (Lipinski definition) is 5. The van der Waals surface area contributed by atoms with Crippen LogP contribution >= 0.6 is 11.6 Å². The highest BCUT2D eigenvalue weighted by Crippen LogP contribution is 2.30. The van der Waals surface area contributed by atoms with Crippen LogP contribution in [0.5, 0.6) is 0 Å². The Morgan fingerprint density at radius 1 is 1.10 bits per heavy atom. The van der Waals surface area contributed by atoms with Crippen LogP contribution in [0.3, 0.4) is 0 Å². The van der Waals surface area contributed by atoms with E-state index in [-0.39, 0.29) is 18.2 Å². The van der Waals surface area contributed by atoms with E-state index in [2.05, 4.69) is 15.6 Å². The van der Waals surface area contributed by atoms with Crippen LogP contribution in [0.25, 0.3) is 16.9 Å². The summed E-state index contributed by atoms with van der Waals surface area (Å²) in [7, 11) is 0. The summed E-state index contributed by atoms with van der Waals surface area (Å²) in [5, 5.41) is 11.4. The first-order chi connectivity index (χ1) is 14.9. The van der Waals surface area contributed by atoms with Crippen LogP contribution < -0.4 is 5.32 Å². The van der Waals surface area contributed by atoms with Crippen molar-refractivity contribution >= 4 is 29.3 Å². The van der Waals surface area contributed by atoms with Crippen LogP contribution in [0, 0.1) is 6.92 Å². The van der Waals surface area contributed by atoms with Crippen molar-refractivity contribution in [2.45, 2.75) is 32.4 Å². The van der Waals surface area contributed by atoms with Crippen molar-refractivity contribution < 1.29 is 14.4 Å². The molecular weight excluding hydrogens is 418 g/mol. The molecule has 1 unspecified atom stereocenters. The molecule has 0 spiro atoms. The Morgan fingerprint density at radius 2 is 1.94 bits per heavy atom. The van der Waals surface area contributed by atoms with Gasteiger partial charge >= 0.3 is 0 Å². The highest BCUT2D eigenvalue weighted by Gasteiger charge is 2.39. The molecule has 9 heteroatoms. The summed E-state index contributed by atoms with van der Waals surface area (Å²) in [4.78, 5) is 38.0. The molecular formula is C22H18ClN5O3. The van der Waals surface area contributed by atoms with E-state index in [1.165, 1.54) is 4.90 Å². The van der Waals surface area contributed by atoms with Crippen molar-refractivity contribution in [1.29, 1.82) is 0 Å². The van der Waals surface area contributed by atoms with Crippen LogP contribution in [0.15, 0.2) is 42.6 Å². The maximum atomic E-state index is 12.8. The first-order valence-electron chi connectivity index (χ1n) is 9.87. The van der Waals surface area contributed by atoms with Gasteiger partial charge in [-0.3, -0.25) is 19.7 Å². The Balaban J connectivity index is 1.42. The standard InChI is InChI=1S/C22H18ClN5O3/c1-12-2-3-14(23)9-17(12)18-11-28(26-25-18)15-4-5-16-13(8-15)10-27(22(16)31)19-6-7-20(29)24-21(19)30/h2-5,8-9,11,19H,6-7,10H2,1H3,(H,24,29,30). The van der Waals surface area contributed by atoms with Crippen LogP contribution in [-0.4, -0.2) is 43.7 Å². The second kappa shape index (κ2) is 7.31. The Bertz CT molecular complexity index is 1250. The Kier molecular flexibility index (Phi) is 4.59. The van der Waals surface area contributed by atoms with Crippen molar-refractivity contribution in [3.63, 3.8) is 0 Å². The maximum Gasteiger partial charge on any atom is 0.255 e. The Labute approximate surface area is 182 Å². The van der Waals surface area contributed by atoms with Crippen molar-refractivity contribution in [2.75, 3.05) is 0 Å². The monoisotopic (exact) mass is 435 g/mol. The molecule has 1 aromatic heterocycles. The quantitative estimate of drug-likeness (QED) is 0.638. The summed E-state index contributed by atoms with van der Waals surface area (Å²) in [5.74, 6) is -0.926. The second-order valence-electron chi connectivity index (χ2n) is 7.75. The summed E-state index contributed by atoms with van der Waals surface area (Å²) in [6.07, 6.45) is 2.38. The van der Waals surface area contributed by atoms with Gasteiger partial charge in [-0.15, -0.1) is 5.10 Å². The molecule has 3 heterocycles. The minimum Gasteiger partial charge on any atom is -0.322 e. The smallest absolute Gasteiger partial charge is 0.255 e. The van der Waals surface area contributed by atoms with Crippen LogP contribution in [-0.2, 0) is 16.1 Å². The Morgan fingerprint density at radius 3 is 2.74 bits per heavy atom. The predicted molar refractivity (Wildman–Crippen MR) is 113 cm³/mol. The van der Waals surface area contributed by atoms with Gasteiger partial charge in [-0.1, -0.05) is 22.9 Å². The summed E-state index contributed by atoms with van der Waals surface area (Å²) in [6, 6.07) is 10.4. The molecule has 8 nitrogen and oxygen atoms in total. The van der Waals surface area contributed by atoms with Gasteiger partial charge in [-0.2, -0.15) is 0 Å². The number of carbonyl (C=O) groups is 3. The third kappa shape index (κ3) is 3.38. The van der Waals surface area contributed by atoms with E-state index in [1.54, 1.807) is 16.8 Å². The van der Waals surface area contributed by atoms with E-state index in [9.17, 15) is 14.4 Å². The lowest BCUT2D eigenvalue weighted by atomic mass is 10.0. The second-order valence-corrected chi connectivity index (χ2v) is 8.19. The third-order valence-electron chi connectivity index (χ3n) is 5.74. The topological polar surface area (TPSA) is 97.2 Å². The molecule has 2 aliphatic heterocycles. The number of fused-ring (bicyclic) bond motifs is 1. The zero-order valence-corrected chi connectivity index (χ0v) is 17.4. The number of nitrogens with zero attached hydrogens (tertiary/aromatic N) is 4. The minimum atomic E-state index is -0.634. The molecule has 0 radical (unpaired) electrons. The normalized spacial score (nSPS) is 18.3. The molecule has 31 heavy (non-hydrogen) atoms. The van der Waals surface area contributed by atoms with Gasteiger partial charge < -0.3 is 4.90 Å². The molecule has 0 bridgehead atoms. The molecule has 3 amide bonds. The van der Waals surface area contributed by atoms with E-state index in [1.807, 2.05) is 37.4 Å². The number of piperidine rings is 1. The van der Waals surface area contributed by atoms with Crippen molar-refractivity contribution in [1.82, 2.24) is 25.2 Å². The zero-order chi connectivity index (χ0) is 21.7. The first kappa shape index (κ1) is 19.4. The molecule has 1 N–H and O–H groups in total. The molecule has 3 aromatic rings. The number of rotatable bonds is 3. The third-order valence-corrected chi connectivity index (χ3v) is 5.98. The maximum absolute atomic E-state index is 12.8. The number of carbonyl (C=O) groups excluding carboxylic acids is 3. The molecule has 1 atom stereocenters. The van der Waals surface area contributed by atoms with E-state index >= 15 is 0 Å². The molecule has 1 fully saturated rings. The van der Waals surface area contributed by atoms with E-state index < -0.39 is 11.9 Å². The number of aryl methyl sites for hydroxylation is 1. The van der Waals surface area contributed by atoms with Gasteiger partial charge in [0.2, 0.25) is 11.8 Å². The highest BCUT2D eigenvalue weighted by molar-refractivity contribution is 6.30. The van der Waals surface area contributed by atoms with Crippen molar-refractivity contribution in [3.8, 4) is 16.9 Å². The zero-order valence-electron chi connectivity index (χ0n) is 16.6. The van der Waals surface area contributed by atoms with Crippen LogP contribution in [0.4, 0.5) is 0 Å². The van der Waals surface area contributed by atoms with Gasteiger partial charge in [-0.05, 0) is 54.8 Å². The summed E-state index contributed by atoms with van der Waals surface area (Å²) >= 11 is 6.13. The number of halogens is 1. The minimum absolute atomic E-state index is 0.204. The number of nitrogens with one attached hydrogen (secondary N) is 1. The fraction of sp³-hybridized carbons (Fsp3) is 0.227. The van der Waals surface area contributed by atoms with Gasteiger partial charge in [0.1, 0.15) is 11.7 Å². The summed E-state index contributed by atoms with van der Waals surface area (Å²) in [6.45, 7) is 2.29. The number of aromatic nitrogens is 3. The van der Waals surface area contributed by atoms with E-state index in [0.29, 0.717) is 29.2 Å². The fourth-order valence-corrected chi connectivity index (χ4v) is 4.26. The number of benzene rings is 2. The predicted octanol–water partition coefficient (Wildman–Crippen LogP) is 2.66. The lowest BCUT2D eigenvalue weighted by Crippen LogP contribution is -2.52. The highest BCUT2D eigenvalue weighted by atomic mass is 35.5. The largest absolute Gasteiger partial charge is 0.322 e. The van der Waals surface area contributed by atoms with Gasteiger partial charge in [0.25, 0.3) is 5.91 Å². The van der Waals surface area contributed by atoms with Gasteiger partial charge in [0.05, 0.1) is 11.9 Å². The van der Waals surface area contributed by atoms with E-state index in [0.717, 1.165) is 22.4 Å². The van der Waals surface area contributed by atoms with Crippen LogP contribution in [0.1, 0.15) is 34.3 Å². The van der Waals surface area contributed by atoms with Crippen LogP contribution in [0.2, 0.25) is 5.02 Å². The SMILES string of the molecule is Cc1ccc(Cl)cc1-c1cn(-c2ccc3c(c2)CN(C2CCC(=O)NC2=O)C3=O)nn1. The first-order valence-corrected chi connectivity index (χ1v) is 10.3. The number of hydrogen-bond donors (Lipinski definition) is 1. The van der Waals surface area contributed by atoms with Crippen molar-refractivity contribution in [2.24, 2.45) is 0 Å².